The number of hydrogen-bond acceptors (Lipinski definition) is 5. The number of piperazine rings is 1. The van der Waals surface area contributed by atoms with E-state index in [2.05, 4.69) is 54.0 Å². The minimum absolute atomic E-state index is 0.0202. The van der Waals surface area contributed by atoms with E-state index in [1.807, 2.05) is 30.1 Å². The number of carbonyl (C=O) groups is 1. The van der Waals surface area contributed by atoms with Crippen LogP contribution in [0.25, 0.3) is 10.2 Å². The van der Waals surface area contributed by atoms with Crippen LogP contribution in [0.15, 0.2) is 48.5 Å². The van der Waals surface area contributed by atoms with Gasteiger partial charge < -0.3 is 9.80 Å². The Bertz CT molecular complexity index is 960. The molecular formula is C23H28N4OS. The number of carbonyl (C=O) groups excluding carboxylic acids is 1. The molecule has 2 heterocycles. The SMILES string of the molecule is Cc1ccccc1N1CCN(CC(=O)N(C)[C@@H](C)c2nc3ccccc3s2)CC1. The molecule has 1 fully saturated rings. The number of nitrogens with zero attached hydrogens (tertiary/aromatic N) is 4. The van der Waals surface area contributed by atoms with Crippen LogP contribution < -0.4 is 4.90 Å². The summed E-state index contributed by atoms with van der Waals surface area (Å²) in [6.45, 7) is 8.40. The van der Waals surface area contributed by atoms with Crippen LogP contribution >= 0.6 is 11.3 Å². The van der Waals surface area contributed by atoms with Crippen molar-refractivity contribution >= 4 is 33.1 Å². The number of hydrogen-bond donors (Lipinski definition) is 0. The lowest BCUT2D eigenvalue weighted by atomic mass is 10.1. The highest BCUT2D eigenvalue weighted by molar-refractivity contribution is 7.18. The first-order valence-electron chi connectivity index (χ1n) is 10.2. The molecule has 6 heteroatoms. The molecule has 1 aliphatic rings. The van der Waals surface area contributed by atoms with Gasteiger partial charge in [0.15, 0.2) is 0 Å². The molecule has 1 saturated heterocycles. The monoisotopic (exact) mass is 408 g/mol. The molecule has 0 N–H and O–H groups in total. The number of anilines is 1. The third-order valence-electron chi connectivity index (χ3n) is 5.83. The zero-order valence-corrected chi connectivity index (χ0v) is 18.2. The van der Waals surface area contributed by atoms with Crippen molar-refractivity contribution in [3.8, 4) is 0 Å². The average molecular weight is 409 g/mol. The Hall–Kier alpha value is -2.44. The predicted molar refractivity (Wildman–Crippen MR) is 121 cm³/mol. The molecule has 0 unspecified atom stereocenters. The van der Waals surface area contributed by atoms with Gasteiger partial charge in [0.25, 0.3) is 0 Å². The molecule has 152 valence electrons. The number of aromatic nitrogens is 1. The molecular weight excluding hydrogens is 380 g/mol. The van der Waals surface area contributed by atoms with Gasteiger partial charge in [-0.3, -0.25) is 9.69 Å². The van der Waals surface area contributed by atoms with Gasteiger partial charge in [-0.05, 0) is 37.6 Å². The van der Waals surface area contributed by atoms with Crippen molar-refractivity contribution in [2.45, 2.75) is 19.9 Å². The fourth-order valence-corrected chi connectivity index (χ4v) is 4.88. The first kappa shape index (κ1) is 19.9. The van der Waals surface area contributed by atoms with Crippen LogP contribution in [0, 0.1) is 6.92 Å². The summed E-state index contributed by atoms with van der Waals surface area (Å²) in [5.74, 6) is 0.154. The first-order chi connectivity index (χ1) is 14.0. The van der Waals surface area contributed by atoms with Crippen LogP contribution in [0.5, 0.6) is 0 Å². The van der Waals surface area contributed by atoms with E-state index in [1.54, 1.807) is 11.3 Å². The lowest BCUT2D eigenvalue weighted by Crippen LogP contribution is -2.50. The van der Waals surface area contributed by atoms with Crippen molar-refractivity contribution in [2.24, 2.45) is 0 Å². The zero-order chi connectivity index (χ0) is 20.4. The summed E-state index contributed by atoms with van der Waals surface area (Å²) in [5.41, 5.74) is 3.62. The van der Waals surface area contributed by atoms with E-state index in [0.29, 0.717) is 6.54 Å². The molecule has 0 spiro atoms. The molecule has 2 aromatic carbocycles. The van der Waals surface area contributed by atoms with E-state index < -0.39 is 0 Å². The quantitative estimate of drug-likeness (QED) is 0.641. The van der Waals surface area contributed by atoms with Gasteiger partial charge in [-0.25, -0.2) is 4.98 Å². The summed E-state index contributed by atoms with van der Waals surface area (Å²) in [5, 5.41) is 0.992. The van der Waals surface area contributed by atoms with Crippen molar-refractivity contribution < 1.29 is 4.79 Å². The van der Waals surface area contributed by atoms with Crippen molar-refractivity contribution in [2.75, 3.05) is 44.7 Å². The molecule has 5 nitrogen and oxygen atoms in total. The first-order valence-corrected chi connectivity index (χ1v) is 11.0. The minimum Gasteiger partial charge on any atom is -0.369 e. The maximum Gasteiger partial charge on any atom is 0.237 e. The van der Waals surface area contributed by atoms with Gasteiger partial charge in [-0.2, -0.15) is 0 Å². The van der Waals surface area contributed by atoms with Crippen LogP contribution in [0.1, 0.15) is 23.5 Å². The van der Waals surface area contributed by atoms with Gasteiger partial charge in [0, 0.05) is 38.9 Å². The van der Waals surface area contributed by atoms with Gasteiger partial charge in [0.1, 0.15) is 5.01 Å². The van der Waals surface area contributed by atoms with E-state index in [4.69, 9.17) is 4.98 Å². The average Bonchev–Trinajstić information content (AvgIpc) is 3.18. The molecule has 29 heavy (non-hydrogen) atoms. The Morgan fingerprint density at radius 1 is 1.10 bits per heavy atom. The van der Waals surface area contributed by atoms with Gasteiger partial charge in [-0.15, -0.1) is 11.3 Å². The number of benzene rings is 2. The molecule has 1 aromatic heterocycles. The van der Waals surface area contributed by atoms with Gasteiger partial charge in [0.2, 0.25) is 5.91 Å². The Morgan fingerprint density at radius 3 is 2.52 bits per heavy atom. The lowest BCUT2D eigenvalue weighted by molar-refractivity contribution is -0.133. The van der Waals surface area contributed by atoms with Crippen molar-refractivity contribution in [3.63, 3.8) is 0 Å². The number of para-hydroxylation sites is 2. The maximum atomic E-state index is 12.9. The molecule has 4 rings (SSSR count). The Balaban J connectivity index is 1.34. The van der Waals surface area contributed by atoms with Crippen LogP contribution in [-0.2, 0) is 4.79 Å². The number of aryl methyl sites for hydroxylation is 1. The van der Waals surface area contributed by atoms with Crippen LogP contribution in [0.3, 0.4) is 0 Å². The number of fused-ring (bicyclic) bond motifs is 1. The molecule has 1 atom stereocenters. The molecule has 1 amide bonds. The molecule has 1 aliphatic heterocycles. The third kappa shape index (κ3) is 4.28. The lowest BCUT2D eigenvalue weighted by Gasteiger charge is -2.37. The summed E-state index contributed by atoms with van der Waals surface area (Å²) >= 11 is 1.67. The minimum atomic E-state index is -0.0202. The number of thiazole rings is 1. The number of likely N-dealkylation sites (N-methyl/N-ethyl adjacent to an activating group) is 1. The molecule has 0 aliphatic carbocycles. The summed E-state index contributed by atoms with van der Waals surface area (Å²) in [6.07, 6.45) is 0. The van der Waals surface area contributed by atoms with Gasteiger partial charge in [0.05, 0.1) is 22.8 Å². The number of amides is 1. The van der Waals surface area contributed by atoms with Gasteiger partial charge in [-0.1, -0.05) is 30.3 Å². The summed E-state index contributed by atoms with van der Waals surface area (Å²) in [4.78, 5) is 24.1. The summed E-state index contributed by atoms with van der Waals surface area (Å²) in [7, 11) is 1.89. The van der Waals surface area contributed by atoms with Crippen molar-refractivity contribution in [1.29, 1.82) is 0 Å². The highest BCUT2D eigenvalue weighted by Crippen LogP contribution is 2.29. The Labute approximate surface area is 176 Å². The highest BCUT2D eigenvalue weighted by Gasteiger charge is 2.25. The van der Waals surface area contributed by atoms with Crippen LogP contribution in [0.4, 0.5) is 5.69 Å². The second-order valence-electron chi connectivity index (χ2n) is 7.75. The largest absolute Gasteiger partial charge is 0.369 e. The van der Waals surface area contributed by atoms with Crippen molar-refractivity contribution in [1.82, 2.24) is 14.8 Å². The maximum absolute atomic E-state index is 12.9. The van der Waals surface area contributed by atoms with Gasteiger partial charge >= 0.3 is 0 Å². The molecule has 0 radical (unpaired) electrons. The standard InChI is InChI=1S/C23H28N4OS/c1-17-8-4-6-10-20(17)27-14-12-26(13-15-27)16-22(28)25(3)18(2)23-24-19-9-5-7-11-21(19)29-23/h4-11,18H,12-16H2,1-3H3/t18-/m0/s1. The molecule has 0 saturated carbocycles. The second kappa shape index (κ2) is 8.51. The van der Waals surface area contributed by atoms with Crippen LogP contribution in [0.2, 0.25) is 0 Å². The molecule has 3 aromatic rings. The number of rotatable bonds is 5. The summed E-state index contributed by atoms with van der Waals surface area (Å²) in [6, 6.07) is 16.6. The highest BCUT2D eigenvalue weighted by atomic mass is 32.1. The summed E-state index contributed by atoms with van der Waals surface area (Å²) < 4.78 is 1.17. The smallest absolute Gasteiger partial charge is 0.237 e. The zero-order valence-electron chi connectivity index (χ0n) is 17.3. The Morgan fingerprint density at radius 2 is 1.79 bits per heavy atom. The normalized spacial score (nSPS) is 16.2. The topological polar surface area (TPSA) is 39.7 Å². The van der Waals surface area contributed by atoms with Crippen LogP contribution in [-0.4, -0.2) is 60.5 Å². The van der Waals surface area contributed by atoms with Crippen molar-refractivity contribution in [3.05, 3.63) is 59.1 Å². The van der Waals surface area contributed by atoms with E-state index >= 15 is 0 Å². The third-order valence-corrected chi connectivity index (χ3v) is 7.04. The van der Waals surface area contributed by atoms with E-state index in [1.165, 1.54) is 16.0 Å². The van der Waals surface area contributed by atoms with E-state index in [0.717, 1.165) is 36.7 Å². The predicted octanol–water partition coefficient (Wildman–Crippen LogP) is 3.95. The second-order valence-corrected chi connectivity index (χ2v) is 8.81. The van der Waals surface area contributed by atoms with E-state index in [9.17, 15) is 4.79 Å². The fraction of sp³-hybridized carbons (Fsp3) is 0.391. The molecule has 0 bridgehead atoms. The Kier molecular flexibility index (Phi) is 5.83. The van der Waals surface area contributed by atoms with E-state index in [-0.39, 0.29) is 11.9 Å². The fourth-order valence-electron chi connectivity index (χ4n) is 3.82.